The smallest absolute Gasteiger partial charge is 0.222 e. The van der Waals surface area contributed by atoms with Gasteiger partial charge in [0.15, 0.2) is 0 Å². The van der Waals surface area contributed by atoms with Gasteiger partial charge in [0.2, 0.25) is 5.91 Å². The van der Waals surface area contributed by atoms with E-state index in [1.165, 1.54) is 6.42 Å². The molecule has 2 nitrogen and oxygen atoms in total. The van der Waals surface area contributed by atoms with Crippen LogP contribution in [-0.2, 0) is 4.79 Å². The van der Waals surface area contributed by atoms with Gasteiger partial charge in [-0.25, -0.2) is 0 Å². The van der Waals surface area contributed by atoms with E-state index in [1.54, 1.807) is 0 Å². The number of nitrogens with zero attached hydrogens (tertiary/aromatic N) is 1. The van der Waals surface area contributed by atoms with Crippen LogP contribution >= 0.6 is 0 Å². The van der Waals surface area contributed by atoms with Crippen LogP contribution in [0.5, 0.6) is 0 Å². The summed E-state index contributed by atoms with van der Waals surface area (Å²) in [4.78, 5) is 14.1. The molecule has 0 saturated carbocycles. The van der Waals surface area contributed by atoms with Gasteiger partial charge in [-0.05, 0) is 57.3 Å². The summed E-state index contributed by atoms with van der Waals surface area (Å²) >= 11 is 0. The summed E-state index contributed by atoms with van der Waals surface area (Å²) in [6.45, 7) is 6.30. The molecule has 0 aromatic heterocycles. The lowest BCUT2D eigenvalue weighted by atomic mass is 10.2. The molecule has 1 fully saturated rings. The molecule has 2 heteroatoms. The maximum atomic E-state index is 12.0. The fourth-order valence-corrected chi connectivity index (χ4v) is 3.06. The molecule has 1 atom stereocenters. The highest BCUT2D eigenvalue weighted by molar-refractivity contribution is 5.76. The number of allylic oxidation sites excluding steroid dienone is 10. The van der Waals surface area contributed by atoms with Crippen LogP contribution in [0.3, 0.4) is 0 Å². The van der Waals surface area contributed by atoms with Crippen LogP contribution in [0.15, 0.2) is 60.8 Å². The highest BCUT2D eigenvalue weighted by Crippen LogP contribution is 2.16. The van der Waals surface area contributed by atoms with E-state index in [0.29, 0.717) is 18.2 Å². The second kappa shape index (κ2) is 16.4. The molecule has 1 rings (SSSR count). The monoisotopic (exact) mass is 369 g/mol. The van der Waals surface area contributed by atoms with Crippen molar-refractivity contribution >= 4 is 5.91 Å². The average molecular weight is 370 g/mol. The summed E-state index contributed by atoms with van der Waals surface area (Å²) in [5.41, 5.74) is 0. The fourth-order valence-electron chi connectivity index (χ4n) is 3.06. The lowest BCUT2D eigenvalue weighted by Crippen LogP contribution is -2.28. The molecule has 0 aliphatic carbocycles. The molecule has 0 aromatic rings. The second-order valence-electron chi connectivity index (χ2n) is 7.33. The SMILES string of the molecule is CC/C=C\C/C=C\C/C=C\C/C=C\C/C=C\CCCC(=O)N1CC[C@@H](C)C1. The molecule has 27 heavy (non-hydrogen) atoms. The van der Waals surface area contributed by atoms with Crippen LogP contribution in [0.1, 0.15) is 71.6 Å². The molecule has 0 unspecified atom stereocenters. The first kappa shape index (κ1) is 23.2. The van der Waals surface area contributed by atoms with Crippen molar-refractivity contribution in [2.75, 3.05) is 13.1 Å². The quantitative estimate of drug-likeness (QED) is 0.259. The Labute approximate surface area is 167 Å². The lowest BCUT2D eigenvalue weighted by molar-refractivity contribution is -0.130. The molecular weight excluding hydrogens is 330 g/mol. The largest absolute Gasteiger partial charge is 0.342 e. The Kier molecular flexibility index (Phi) is 14.1. The molecule has 1 amide bonds. The fraction of sp³-hybridized carbons (Fsp3) is 0.560. The number of unbranched alkanes of at least 4 members (excludes halogenated alkanes) is 1. The highest BCUT2D eigenvalue weighted by Gasteiger charge is 2.22. The molecule has 1 heterocycles. The van der Waals surface area contributed by atoms with E-state index >= 15 is 0 Å². The molecule has 0 N–H and O–H groups in total. The Bertz CT molecular complexity index is 524. The summed E-state index contributed by atoms with van der Waals surface area (Å²) in [6, 6.07) is 0. The zero-order valence-electron chi connectivity index (χ0n) is 17.5. The van der Waals surface area contributed by atoms with E-state index in [2.05, 4.69) is 74.6 Å². The van der Waals surface area contributed by atoms with E-state index in [4.69, 9.17) is 0 Å². The summed E-state index contributed by atoms with van der Waals surface area (Å²) in [7, 11) is 0. The highest BCUT2D eigenvalue weighted by atomic mass is 16.2. The Morgan fingerprint density at radius 3 is 1.85 bits per heavy atom. The van der Waals surface area contributed by atoms with Gasteiger partial charge in [-0.2, -0.15) is 0 Å². The third-order valence-corrected chi connectivity index (χ3v) is 4.70. The van der Waals surface area contributed by atoms with Gasteiger partial charge in [0.1, 0.15) is 0 Å². The van der Waals surface area contributed by atoms with Crippen LogP contribution in [0.25, 0.3) is 0 Å². The number of carbonyl (C=O) groups excluding carboxylic acids is 1. The first-order valence-electron chi connectivity index (χ1n) is 10.8. The molecule has 0 spiro atoms. The second-order valence-corrected chi connectivity index (χ2v) is 7.33. The number of likely N-dealkylation sites (tertiary alicyclic amines) is 1. The summed E-state index contributed by atoms with van der Waals surface area (Å²) in [6.07, 6.45) is 31.1. The summed E-state index contributed by atoms with van der Waals surface area (Å²) < 4.78 is 0. The van der Waals surface area contributed by atoms with Crippen molar-refractivity contribution < 1.29 is 4.79 Å². The standard InChI is InChI=1S/C25H39NO/c1-3-4-5-6-7-8-9-10-11-12-13-14-15-16-17-18-19-20-25(27)26-22-21-24(2)23-26/h4-5,7-8,10-11,13-14,16-17,24H,3,6,9,12,15,18-23H2,1-2H3/b5-4-,8-7-,11-10-,14-13-,17-16-/t24-/m1/s1. The van der Waals surface area contributed by atoms with Crippen molar-refractivity contribution in [3.05, 3.63) is 60.8 Å². The Morgan fingerprint density at radius 1 is 0.852 bits per heavy atom. The van der Waals surface area contributed by atoms with Gasteiger partial charge in [-0.1, -0.05) is 74.6 Å². The van der Waals surface area contributed by atoms with Gasteiger partial charge in [-0.15, -0.1) is 0 Å². The minimum absolute atomic E-state index is 0.340. The van der Waals surface area contributed by atoms with Gasteiger partial charge in [-0.3, -0.25) is 4.79 Å². The van der Waals surface area contributed by atoms with Crippen LogP contribution in [0, 0.1) is 5.92 Å². The normalized spacial score (nSPS) is 18.4. The van der Waals surface area contributed by atoms with Gasteiger partial charge in [0.25, 0.3) is 0 Å². The third-order valence-electron chi connectivity index (χ3n) is 4.70. The van der Waals surface area contributed by atoms with Crippen molar-refractivity contribution in [2.24, 2.45) is 5.92 Å². The van der Waals surface area contributed by atoms with E-state index in [1.807, 2.05) is 4.90 Å². The molecule has 0 aromatic carbocycles. The number of amides is 1. The topological polar surface area (TPSA) is 20.3 Å². The zero-order valence-corrected chi connectivity index (χ0v) is 17.5. The number of carbonyl (C=O) groups is 1. The van der Waals surface area contributed by atoms with E-state index < -0.39 is 0 Å². The maximum absolute atomic E-state index is 12.0. The molecular formula is C25H39NO. The van der Waals surface area contributed by atoms with Gasteiger partial charge < -0.3 is 4.90 Å². The Balaban J connectivity index is 1.95. The van der Waals surface area contributed by atoms with Crippen molar-refractivity contribution in [3.8, 4) is 0 Å². The molecule has 1 saturated heterocycles. The van der Waals surface area contributed by atoms with E-state index in [0.717, 1.165) is 58.0 Å². The molecule has 150 valence electrons. The number of hydrogen-bond acceptors (Lipinski definition) is 1. The Morgan fingerprint density at radius 2 is 1.37 bits per heavy atom. The first-order valence-corrected chi connectivity index (χ1v) is 10.8. The van der Waals surface area contributed by atoms with Crippen LogP contribution in [0.2, 0.25) is 0 Å². The number of hydrogen-bond donors (Lipinski definition) is 0. The molecule has 0 bridgehead atoms. The van der Waals surface area contributed by atoms with Crippen molar-refractivity contribution in [3.63, 3.8) is 0 Å². The minimum atomic E-state index is 0.340. The van der Waals surface area contributed by atoms with Gasteiger partial charge in [0, 0.05) is 19.5 Å². The van der Waals surface area contributed by atoms with E-state index in [9.17, 15) is 4.79 Å². The van der Waals surface area contributed by atoms with Crippen LogP contribution < -0.4 is 0 Å². The zero-order chi connectivity index (χ0) is 19.6. The van der Waals surface area contributed by atoms with E-state index in [-0.39, 0.29) is 0 Å². The predicted molar refractivity (Wildman–Crippen MR) is 119 cm³/mol. The minimum Gasteiger partial charge on any atom is -0.342 e. The van der Waals surface area contributed by atoms with Crippen molar-refractivity contribution in [1.82, 2.24) is 4.90 Å². The summed E-state index contributed by atoms with van der Waals surface area (Å²) in [5.74, 6) is 1.02. The predicted octanol–water partition coefficient (Wildman–Crippen LogP) is 6.78. The van der Waals surface area contributed by atoms with Crippen molar-refractivity contribution in [2.45, 2.75) is 71.6 Å². The molecule has 1 aliphatic rings. The molecule has 0 radical (unpaired) electrons. The third kappa shape index (κ3) is 13.1. The van der Waals surface area contributed by atoms with Crippen LogP contribution in [-0.4, -0.2) is 23.9 Å². The Hall–Kier alpha value is -1.83. The summed E-state index contributed by atoms with van der Waals surface area (Å²) in [5, 5.41) is 0. The lowest BCUT2D eigenvalue weighted by Gasteiger charge is -2.15. The number of rotatable bonds is 13. The molecule has 1 aliphatic heterocycles. The van der Waals surface area contributed by atoms with Gasteiger partial charge >= 0.3 is 0 Å². The average Bonchev–Trinajstić information content (AvgIpc) is 3.10. The van der Waals surface area contributed by atoms with Crippen LogP contribution in [0.4, 0.5) is 0 Å². The van der Waals surface area contributed by atoms with Crippen molar-refractivity contribution in [1.29, 1.82) is 0 Å². The first-order chi connectivity index (χ1) is 13.2. The van der Waals surface area contributed by atoms with Gasteiger partial charge in [0.05, 0.1) is 0 Å². The maximum Gasteiger partial charge on any atom is 0.222 e.